The summed E-state index contributed by atoms with van der Waals surface area (Å²) >= 11 is 0. The Hall–Kier alpha value is -4.38. The molecular formula is C36H46N8O3. The van der Waals surface area contributed by atoms with E-state index in [9.17, 15) is 9.59 Å². The number of hydrogen-bond donors (Lipinski definition) is 2. The highest BCUT2D eigenvalue weighted by Crippen LogP contribution is 2.39. The Morgan fingerprint density at radius 1 is 0.936 bits per heavy atom. The molecule has 2 N–H and O–H groups in total. The van der Waals surface area contributed by atoms with E-state index >= 15 is 0 Å². The largest absolute Gasteiger partial charge is 0.484 e. The number of amides is 2. The highest BCUT2D eigenvalue weighted by molar-refractivity contribution is 5.94. The monoisotopic (exact) mass is 638 g/mol. The van der Waals surface area contributed by atoms with Crippen molar-refractivity contribution < 1.29 is 14.3 Å². The SMILES string of the molecule is CC(C)(C)c1cc(NC(=O)N[C@H]2CC[C@@H](Oc3ccc4nnc(C(C)(C)C)n4c3)c3ccccc32)nc(C(=O)CCCN2CCC2)n1. The number of nitrogens with zero attached hydrogens (tertiary/aromatic N) is 6. The second-order valence-corrected chi connectivity index (χ2v) is 14.8. The maximum atomic E-state index is 13.4. The number of rotatable bonds is 9. The number of hydrogen-bond acceptors (Lipinski definition) is 8. The molecule has 0 unspecified atom stereocenters. The number of urea groups is 1. The van der Waals surface area contributed by atoms with E-state index < -0.39 is 0 Å². The van der Waals surface area contributed by atoms with E-state index in [1.165, 1.54) is 6.42 Å². The molecule has 0 spiro atoms. The summed E-state index contributed by atoms with van der Waals surface area (Å²) in [6, 6.07) is 13.1. The van der Waals surface area contributed by atoms with Crippen LogP contribution in [-0.2, 0) is 10.8 Å². The Labute approximate surface area is 276 Å². The third kappa shape index (κ3) is 7.45. The first-order chi connectivity index (χ1) is 22.3. The molecule has 0 radical (unpaired) electrons. The van der Waals surface area contributed by atoms with Crippen LogP contribution in [0.25, 0.3) is 5.65 Å². The lowest BCUT2D eigenvalue weighted by Crippen LogP contribution is -2.37. The van der Waals surface area contributed by atoms with Gasteiger partial charge in [-0.15, -0.1) is 10.2 Å². The van der Waals surface area contributed by atoms with E-state index in [-0.39, 0.29) is 40.6 Å². The molecule has 2 amide bonds. The lowest BCUT2D eigenvalue weighted by molar-refractivity contribution is 0.0957. The van der Waals surface area contributed by atoms with Crippen LogP contribution in [0, 0.1) is 0 Å². The lowest BCUT2D eigenvalue weighted by Gasteiger charge is -2.32. The normalized spacial score (nSPS) is 18.3. The van der Waals surface area contributed by atoms with Gasteiger partial charge in [0, 0.05) is 23.3 Å². The number of ether oxygens (including phenoxy) is 1. The highest BCUT2D eigenvalue weighted by atomic mass is 16.5. The molecule has 6 rings (SSSR count). The molecule has 3 aromatic heterocycles. The molecule has 2 atom stereocenters. The number of pyridine rings is 1. The molecule has 1 aromatic carbocycles. The second-order valence-electron chi connectivity index (χ2n) is 14.8. The van der Waals surface area contributed by atoms with Gasteiger partial charge in [-0.3, -0.25) is 14.5 Å². The number of benzene rings is 1. The average molecular weight is 639 g/mol. The van der Waals surface area contributed by atoms with Crippen molar-refractivity contribution in [3.05, 3.63) is 77.1 Å². The molecular weight excluding hydrogens is 592 g/mol. The van der Waals surface area contributed by atoms with Gasteiger partial charge in [0.1, 0.15) is 23.5 Å². The second kappa shape index (κ2) is 13.0. The first-order valence-corrected chi connectivity index (χ1v) is 16.7. The van der Waals surface area contributed by atoms with Crippen molar-refractivity contribution in [3.63, 3.8) is 0 Å². The summed E-state index contributed by atoms with van der Waals surface area (Å²) in [5, 5.41) is 14.7. The fourth-order valence-corrected chi connectivity index (χ4v) is 6.15. The molecule has 4 heterocycles. The summed E-state index contributed by atoms with van der Waals surface area (Å²) in [7, 11) is 0. The van der Waals surface area contributed by atoms with Crippen LogP contribution >= 0.6 is 0 Å². The molecule has 248 valence electrons. The quantitative estimate of drug-likeness (QED) is 0.198. The maximum absolute atomic E-state index is 13.4. The number of anilines is 1. The van der Waals surface area contributed by atoms with Crippen molar-refractivity contribution in [2.24, 2.45) is 0 Å². The minimum absolute atomic E-state index is 0.106. The number of fused-ring (bicyclic) bond motifs is 2. The van der Waals surface area contributed by atoms with Gasteiger partial charge in [-0.25, -0.2) is 14.8 Å². The molecule has 1 fully saturated rings. The molecule has 1 saturated heterocycles. The number of aromatic nitrogens is 5. The summed E-state index contributed by atoms with van der Waals surface area (Å²) in [5.74, 6) is 1.96. The summed E-state index contributed by atoms with van der Waals surface area (Å²) < 4.78 is 8.54. The highest BCUT2D eigenvalue weighted by Gasteiger charge is 2.30. The van der Waals surface area contributed by atoms with Crippen LogP contribution in [0.15, 0.2) is 48.7 Å². The zero-order chi connectivity index (χ0) is 33.3. The van der Waals surface area contributed by atoms with E-state index in [1.807, 2.05) is 61.7 Å². The van der Waals surface area contributed by atoms with Gasteiger partial charge in [0.15, 0.2) is 17.3 Å². The minimum Gasteiger partial charge on any atom is -0.484 e. The number of ketones is 1. The van der Waals surface area contributed by atoms with Crippen molar-refractivity contribution in [3.8, 4) is 5.75 Å². The number of Topliss-reactive ketones (excluding diaryl/α,β-unsaturated/α-hetero) is 1. The third-order valence-electron chi connectivity index (χ3n) is 8.88. The predicted molar refractivity (Wildman–Crippen MR) is 181 cm³/mol. The Morgan fingerprint density at radius 3 is 2.40 bits per heavy atom. The number of nitrogens with one attached hydrogen (secondary N) is 2. The fraction of sp³-hybridized carbons (Fsp3) is 0.500. The first-order valence-electron chi connectivity index (χ1n) is 16.7. The number of likely N-dealkylation sites (tertiary alicyclic amines) is 1. The lowest BCUT2D eigenvalue weighted by atomic mass is 9.85. The van der Waals surface area contributed by atoms with Crippen molar-refractivity contribution in [2.75, 3.05) is 25.0 Å². The van der Waals surface area contributed by atoms with Crippen molar-refractivity contribution in [1.29, 1.82) is 0 Å². The zero-order valence-electron chi connectivity index (χ0n) is 28.3. The Morgan fingerprint density at radius 2 is 1.70 bits per heavy atom. The Bertz CT molecular complexity index is 1770. The van der Waals surface area contributed by atoms with Crippen LogP contribution in [0.4, 0.5) is 10.6 Å². The summed E-state index contributed by atoms with van der Waals surface area (Å²) in [6.45, 7) is 15.5. The summed E-state index contributed by atoms with van der Waals surface area (Å²) in [4.78, 5) is 37.9. The van der Waals surface area contributed by atoms with E-state index in [0.29, 0.717) is 30.8 Å². The van der Waals surface area contributed by atoms with Crippen LogP contribution in [-0.4, -0.2) is 60.9 Å². The van der Waals surface area contributed by atoms with E-state index in [0.717, 1.165) is 54.4 Å². The van der Waals surface area contributed by atoms with Crippen LogP contribution in [0.5, 0.6) is 5.75 Å². The van der Waals surface area contributed by atoms with Gasteiger partial charge in [-0.05, 0) is 68.6 Å². The number of carbonyl (C=O) groups is 2. The van der Waals surface area contributed by atoms with E-state index in [2.05, 4.69) is 62.5 Å². The molecule has 11 heteroatoms. The fourth-order valence-electron chi connectivity index (χ4n) is 6.15. The Kier molecular flexibility index (Phi) is 9.02. The summed E-state index contributed by atoms with van der Waals surface area (Å²) in [5.41, 5.74) is 3.03. The molecule has 1 aliphatic heterocycles. The van der Waals surface area contributed by atoms with E-state index in [4.69, 9.17) is 4.74 Å². The van der Waals surface area contributed by atoms with Crippen LogP contribution in [0.3, 0.4) is 0 Å². The smallest absolute Gasteiger partial charge is 0.320 e. The topological polar surface area (TPSA) is 127 Å². The Balaban J connectivity index is 1.15. The average Bonchev–Trinajstić information content (AvgIpc) is 3.43. The van der Waals surface area contributed by atoms with E-state index in [1.54, 1.807) is 6.07 Å². The van der Waals surface area contributed by atoms with Gasteiger partial charge >= 0.3 is 6.03 Å². The van der Waals surface area contributed by atoms with Gasteiger partial charge < -0.3 is 15.0 Å². The number of carbonyl (C=O) groups excluding carboxylic acids is 2. The third-order valence-corrected chi connectivity index (χ3v) is 8.88. The first kappa shape index (κ1) is 32.6. The standard InChI is InChI=1S/C36H46N8O3/c1-35(2,3)29-21-30(39-32(38-29)27(45)13-9-18-43-19-10-20-43)40-34(46)37-26-15-16-28(25-12-8-7-11-24(25)26)47-23-14-17-31-41-42-33(36(4,5)6)44(31)22-23/h7-8,11-12,14,17,21-22,26,28H,9-10,13,15-16,18-20H2,1-6H3,(H2,37,38,39,40,46)/t26-,28+/m0/s1. The molecule has 47 heavy (non-hydrogen) atoms. The van der Waals surface area contributed by atoms with Crippen molar-refractivity contribution in [2.45, 2.75) is 96.6 Å². The zero-order valence-corrected chi connectivity index (χ0v) is 28.3. The van der Waals surface area contributed by atoms with Gasteiger partial charge in [0.2, 0.25) is 0 Å². The van der Waals surface area contributed by atoms with Gasteiger partial charge in [-0.2, -0.15) is 0 Å². The summed E-state index contributed by atoms with van der Waals surface area (Å²) in [6.07, 6.45) is 5.55. The van der Waals surface area contributed by atoms with Crippen LogP contribution in [0.1, 0.15) is 119 Å². The minimum atomic E-state index is -0.383. The molecule has 0 saturated carbocycles. The van der Waals surface area contributed by atoms with Crippen molar-refractivity contribution >= 4 is 23.3 Å². The van der Waals surface area contributed by atoms with Gasteiger partial charge in [-0.1, -0.05) is 65.8 Å². The van der Waals surface area contributed by atoms with Crippen LogP contribution in [0.2, 0.25) is 0 Å². The molecule has 0 bridgehead atoms. The van der Waals surface area contributed by atoms with Crippen LogP contribution < -0.4 is 15.4 Å². The maximum Gasteiger partial charge on any atom is 0.320 e. The van der Waals surface area contributed by atoms with Gasteiger partial charge in [0.25, 0.3) is 0 Å². The van der Waals surface area contributed by atoms with Gasteiger partial charge in [0.05, 0.1) is 17.9 Å². The molecule has 4 aromatic rings. The molecule has 1 aliphatic carbocycles. The molecule has 2 aliphatic rings. The predicted octanol–water partition coefficient (Wildman–Crippen LogP) is 6.56. The van der Waals surface area contributed by atoms with Crippen molar-refractivity contribution in [1.82, 2.24) is 34.8 Å². The molecule has 11 nitrogen and oxygen atoms in total.